The van der Waals surface area contributed by atoms with Crippen molar-refractivity contribution in [3.63, 3.8) is 0 Å². The summed E-state index contributed by atoms with van der Waals surface area (Å²) in [6, 6.07) is 2.29. The number of benzene rings is 1. The first-order chi connectivity index (χ1) is 10.7. The summed E-state index contributed by atoms with van der Waals surface area (Å²) >= 11 is 0. The molecule has 1 fully saturated rings. The number of hydrogen-bond acceptors (Lipinski definition) is 6. The maximum Gasteiger partial charge on any atom is 0.341 e. The van der Waals surface area contributed by atoms with Gasteiger partial charge in [0.05, 0.1) is 9.82 Å². The predicted molar refractivity (Wildman–Crippen MR) is 75.9 cm³/mol. The highest BCUT2D eigenvalue weighted by atomic mass is 32.2. The molecule has 1 saturated heterocycles. The molecule has 0 aromatic heterocycles. The molecule has 1 aromatic rings. The van der Waals surface area contributed by atoms with Gasteiger partial charge in [-0.25, -0.2) is 8.42 Å². The number of nitrogens with one attached hydrogen (secondary N) is 2. The fraction of sp³-hybridized carbons (Fsp3) is 0.417. The van der Waals surface area contributed by atoms with E-state index in [-0.39, 0.29) is 30.6 Å². The van der Waals surface area contributed by atoms with Crippen molar-refractivity contribution in [1.82, 2.24) is 5.32 Å². The molecule has 1 heterocycles. The SMILES string of the molecule is O=C1CCC(Nc2ccc(S(=O)(=O)C(F)F)cc2[N+](=O)[O-])CN1. The quantitative estimate of drug-likeness (QED) is 0.611. The number of nitro benzene ring substituents is 1. The van der Waals surface area contributed by atoms with Gasteiger partial charge in [0.15, 0.2) is 0 Å². The van der Waals surface area contributed by atoms with E-state index in [0.29, 0.717) is 12.5 Å². The summed E-state index contributed by atoms with van der Waals surface area (Å²) < 4.78 is 47.9. The summed E-state index contributed by atoms with van der Waals surface area (Å²) in [5.74, 6) is -3.79. The van der Waals surface area contributed by atoms with Crippen molar-refractivity contribution < 1.29 is 26.9 Å². The lowest BCUT2D eigenvalue weighted by molar-refractivity contribution is -0.384. The molecule has 0 aliphatic carbocycles. The minimum Gasteiger partial charge on any atom is -0.375 e. The molecule has 0 radical (unpaired) electrons. The Labute approximate surface area is 129 Å². The van der Waals surface area contributed by atoms with Crippen LogP contribution in [-0.4, -0.2) is 37.6 Å². The largest absolute Gasteiger partial charge is 0.375 e. The average molecular weight is 349 g/mol. The lowest BCUT2D eigenvalue weighted by atomic mass is 10.1. The Morgan fingerprint density at radius 2 is 2.09 bits per heavy atom. The minimum atomic E-state index is -4.91. The highest BCUT2D eigenvalue weighted by Gasteiger charge is 2.30. The molecular formula is C12H13F2N3O5S. The Bertz CT molecular complexity index is 728. The van der Waals surface area contributed by atoms with E-state index in [2.05, 4.69) is 10.6 Å². The van der Waals surface area contributed by atoms with E-state index in [4.69, 9.17) is 0 Å². The highest BCUT2D eigenvalue weighted by Crippen LogP contribution is 2.30. The summed E-state index contributed by atoms with van der Waals surface area (Å²) in [5, 5.41) is 16.5. The van der Waals surface area contributed by atoms with Gasteiger partial charge < -0.3 is 10.6 Å². The zero-order chi connectivity index (χ0) is 17.2. The number of hydrogen-bond donors (Lipinski definition) is 2. The van der Waals surface area contributed by atoms with Crippen LogP contribution in [0.2, 0.25) is 0 Å². The summed E-state index contributed by atoms with van der Waals surface area (Å²) in [6.07, 6.45) is 0.698. The van der Waals surface area contributed by atoms with Crippen molar-refractivity contribution in [1.29, 1.82) is 0 Å². The second-order valence-electron chi connectivity index (χ2n) is 4.93. The van der Waals surface area contributed by atoms with Crippen molar-refractivity contribution in [2.24, 2.45) is 0 Å². The second-order valence-corrected chi connectivity index (χ2v) is 6.84. The van der Waals surface area contributed by atoms with Crippen LogP contribution in [0.5, 0.6) is 0 Å². The van der Waals surface area contributed by atoms with Crippen LogP contribution in [0.25, 0.3) is 0 Å². The van der Waals surface area contributed by atoms with Gasteiger partial charge in [-0.15, -0.1) is 0 Å². The van der Waals surface area contributed by atoms with Crippen molar-refractivity contribution in [2.45, 2.75) is 29.5 Å². The van der Waals surface area contributed by atoms with Crippen molar-refractivity contribution >= 4 is 27.1 Å². The molecule has 23 heavy (non-hydrogen) atoms. The number of carbonyl (C=O) groups excluding carboxylic acids is 1. The topological polar surface area (TPSA) is 118 Å². The lowest BCUT2D eigenvalue weighted by Gasteiger charge is -2.24. The molecule has 1 unspecified atom stereocenters. The van der Waals surface area contributed by atoms with Crippen LogP contribution in [-0.2, 0) is 14.6 Å². The molecule has 126 valence electrons. The van der Waals surface area contributed by atoms with Crippen LogP contribution in [0, 0.1) is 10.1 Å². The number of sulfone groups is 1. The summed E-state index contributed by atoms with van der Waals surface area (Å²) in [4.78, 5) is 20.5. The van der Waals surface area contributed by atoms with Gasteiger partial charge in [-0.3, -0.25) is 14.9 Å². The summed E-state index contributed by atoms with van der Waals surface area (Å²) in [5.41, 5.74) is -0.618. The molecule has 0 spiro atoms. The van der Waals surface area contributed by atoms with Gasteiger partial charge >= 0.3 is 5.76 Å². The minimum absolute atomic E-state index is 0.00404. The maximum absolute atomic E-state index is 12.5. The Hall–Kier alpha value is -2.30. The number of rotatable bonds is 5. The normalized spacial score (nSPS) is 18.6. The Kier molecular flexibility index (Phi) is 4.78. The van der Waals surface area contributed by atoms with Gasteiger partial charge in [-0.05, 0) is 18.6 Å². The zero-order valence-electron chi connectivity index (χ0n) is 11.7. The van der Waals surface area contributed by atoms with Crippen LogP contribution in [0.4, 0.5) is 20.2 Å². The number of alkyl halides is 2. The molecule has 1 amide bonds. The molecule has 1 aliphatic rings. The van der Waals surface area contributed by atoms with Gasteiger partial charge in [0.1, 0.15) is 5.69 Å². The van der Waals surface area contributed by atoms with Crippen LogP contribution in [0.1, 0.15) is 12.8 Å². The standard InChI is InChI=1S/C12H13F2N3O5S/c13-12(14)23(21,22)8-2-3-9(10(5-8)17(19)20)16-7-1-4-11(18)15-6-7/h2-3,5,7,12,16H,1,4,6H2,(H,15,18). The average Bonchev–Trinajstić information content (AvgIpc) is 2.49. The molecule has 0 bridgehead atoms. The number of amides is 1. The molecule has 2 N–H and O–H groups in total. The van der Waals surface area contributed by atoms with Gasteiger partial charge in [0, 0.05) is 25.1 Å². The Balaban J connectivity index is 2.30. The van der Waals surface area contributed by atoms with E-state index in [9.17, 15) is 32.1 Å². The monoisotopic (exact) mass is 349 g/mol. The van der Waals surface area contributed by atoms with E-state index < -0.39 is 31.1 Å². The van der Waals surface area contributed by atoms with Crippen LogP contribution in [0.3, 0.4) is 0 Å². The number of piperidine rings is 1. The second kappa shape index (κ2) is 6.44. The van der Waals surface area contributed by atoms with Crippen LogP contribution < -0.4 is 10.6 Å². The number of carbonyl (C=O) groups is 1. The number of nitro groups is 1. The molecule has 11 heteroatoms. The first-order valence-electron chi connectivity index (χ1n) is 6.55. The molecule has 1 aliphatic heterocycles. The third-order valence-electron chi connectivity index (χ3n) is 3.35. The lowest BCUT2D eigenvalue weighted by Crippen LogP contribution is -2.41. The summed E-state index contributed by atoms with van der Waals surface area (Å²) in [7, 11) is -4.91. The van der Waals surface area contributed by atoms with E-state index >= 15 is 0 Å². The van der Waals surface area contributed by atoms with E-state index in [1.54, 1.807) is 0 Å². The fourth-order valence-electron chi connectivity index (χ4n) is 2.14. The van der Waals surface area contributed by atoms with E-state index in [1.165, 1.54) is 0 Å². The Morgan fingerprint density at radius 1 is 1.39 bits per heavy atom. The van der Waals surface area contributed by atoms with Gasteiger partial charge in [0.2, 0.25) is 15.7 Å². The molecule has 2 rings (SSSR count). The van der Waals surface area contributed by atoms with Crippen LogP contribution in [0.15, 0.2) is 23.1 Å². The first-order valence-corrected chi connectivity index (χ1v) is 8.10. The van der Waals surface area contributed by atoms with Crippen molar-refractivity contribution in [2.75, 3.05) is 11.9 Å². The third-order valence-corrected chi connectivity index (χ3v) is 4.73. The molecule has 0 saturated carbocycles. The molecule has 1 atom stereocenters. The van der Waals surface area contributed by atoms with Gasteiger partial charge in [-0.1, -0.05) is 0 Å². The number of anilines is 1. The van der Waals surface area contributed by atoms with Crippen LogP contribution >= 0.6 is 0 Å². The third kappa shape index (κ3) is 3.73. The van der Waals surface area contributed by atoms with E-state index in [0.717, 1.165) is 12.1 Å². The van der Waals surface area contributed by atoms with Gasteiger partial charge in [-0.2, -0.15) is 8.78 Å². The zero-order valence-corrected chi connectivity index (χ0v) is 12.5. The Morgan fingerprint density at radius 3 is 2.61 bits per heavy atom. The van der Waals surface area contributed by atoms with E-state index in [1.807, 2.05) is 0 Å². The summed E-state index contributed by atoms with van der Waals surface area (Å²) in [6.45, 7) is 0.257. The smallest absolute Gasteiger partial charge is 0.341 e. The number of halogens is 2. The number of nitrogens with zero attached hydrogens (tertiary/aromatic N) is 1. The highest BCUT2D eigenvalue weighted by molar-refractivity contribution is 7.91. The molecular weight excluding hydrogens is 336 g/mol. The predicted octanol–water partition coefficient (Wildman–Crippen LogP) is 1.28. The van der Waals surface area contributed by atoms with Gasteiger partial charge in [0.25, 0.3) is 5.69 Å². The maximum atomic E-state index is 12.5. The van der Waals surface area contributed by atoms with Crippen molar-refractivity contribution in [3.05, 3.63) is 28.3 Å². The molecule has 1 aromatic carbocycles. The molecule has 8 nitrogen and oxygen atoms in total. The first kappa shape index (κ1) is 17.1. The van der Waals surface area contributed by atoms with Crippen molar-refractivity contribution in [3.8, 4) is 0 Å². The fourth-order valence-corrected chi connectivity index (χ4v) is 2.88.